The Kier molecular flexibility index (Phi) is 5.01. The van der Waals surface area contributed by atoms with E-state index in [-0.39, 0.29) is 11.9 Å². The molecule has 0 aliphatic rings. The van der Waals surface area contributed by atoms with Gasteiger partial charge in [0.1, 0.15) is 5.82 Å². The van der Waals surface area contributed by atoms with Crippen LogP contribution < -0.4 is 11.3 Å². The predicted molar refractivity (Wildman–Crippen MR) is 76.9 cm³/mol. The van der Waals surface area contributed by atoms with E-state index in [4.69, 9.17) is 5.84 Å². The van der Waals surface area contributed by atoms with Crippen molar-refractivity contribution in [3.63, 3.8) is 0 Å². The third-order valence-corrected chi connectivity index (χ3v) is 3.69. The molecule has 0 aliphatic carbocycles. The summed E-state index contributed by atoms with van der Waals surface area (Å²) in [6.07, 6.45) is 4.93. The summed E-state index contributed by atoms with van der Waals surface area (Å²) < 4.78 is 14.1. The van der Waals surface area contributed by atoms with Crippen LogP contribution in [0.15, 0.2) is 47.2 Å². The van der Waals surface area contributed by atoms with Gasteiger partial charge in [0.15, 0.2) is 0 Å². The number of nitrogens with zero attached hydrogens (tertiary/aromatic N) is 1. The monoisotopic (exact) mass is 323 g/mol. The molecule has 0 saturated carbocycles. The number of nitrogens with one attached hydrogen (secondary N) is 1. The smallest absolute Gasteiger partial charge is 0.123 e. The lowest BCUT2D eigenvalue weighted by Crippen LogP contribution is -2.38. The molecule has 0 amide bonds. The Morgan fingerprint density at radius 3 is 2.84 bits per heavy atom. The molecule has 0 saturated heterocycles. The highest BCUT2D eigenvalue weighted by Gasteiger charge is 2.11. The van der Waals surface area contributed by atoms with Crippen molar-refractivity contribution in [1.29, 1.82) is 0 Å². The Labute approximate surface area is 120 Å². The molecule has 1 atom stereocenters. The molecule has 3 nitrogen and oxygen atoms in total. The number of benzene rings is 1. The fourth-order valence-electron chi connectivity index (χ4n) is 1.96. The molecule has 2 aromatic rings. The summed E-state index contributed by atoms with van der Waals surface area (Å²) in [5, 5.41) is 0. The Morgan fingerprint density at radius 2 is 2.16 bits per heavy atom. The van der Waals surface area contributed by atoms with Gasteiger partial charge in [0, 0.05) is 22.9 Å². The van der Waals surface area contributed by atoms with Gasteiger partial charge in [-0.3, -0.25) is 16.3 Å². The van der Waals surface area contributed by atoms with Crippen LogP contribution in [0.1, 0.15) is 11.1 Å². The second kappa shape index (κ2) is 6.75. The van der Waals surface area contributed by atoms with Gasteiger partial charge in [-0.1, -0.05) is 22.0 Å². The quantitative estimate of drug-likeness (QED) is 0.657. The molecule has 1 heterocycles. The fourth-order valence-corrected chi connectivity index (χ4v) is 2.37. The lowest BCUT2D eigenvalue weighted by molar-refractivity contribution is 0.519. The van der Waals surface area contributed by atoms with Gasteiger partial charge in [0.25, 0.3) is 0 Å². The first kappa shape index (κ1) is 14.1. The highest BCUT2D eigenvalue weighted by atomic mass is 79.9. The topological polar surface area (TPSA) is 50.9 Å². The number of halogens is 2. The van der Waals surface area contributed by atoms with Crippen molar-refractivity contribution in [2.24, 2.45) is 5.84 Å². The summed E-state index contributed by atoms with van der Waals surface area (Å²) in [7, 11) is 0. The predicted octanol–water partition coefficient (Wildman–Crippen LogP) is 2.60. The van der Waals surface area contributed by atoms with Crippen LogP contribution in [0.4, 0.5) is 4.39 Å². The van der Waals surface area contributed by atoms with Gasteiger partial charge in [0.2, 0.25) is 0 Å². The summed E-state index contributed by atoms with van der Waals surface area (Å²) in [6, 6.07) is 8.58. The van der Waals surface area contributed by atoms with E-state index in [0.717, 1.165) is 22.0 Å². The Hall–Kier alpha value is -1.30. The van der Waals surface area contributed by atoms with Gasteiger partial charge in [-0.2, -0.15) is 0 Å². The van der Waals surface area contributed by atoms with Crippen molar-refractivity contribution in [2.45, 2.75) is 18.9 Å². The molecule has 0 radical (unpaired) electrons. The summed E-state index contributed by atoms with van der Waals surface area (Å²) >= 11 is 3.43. The maximum atomic E-state index is 13.2. The van der Waals surface area contributed by atoms with Crippen LogP contribution >= 0.6 is 15.9 Å². The SMILES string of the molecule is NNC(Cc1cccnc1)Cc1cc(F)ccc1Br. The molecule has 1 aromatic carbocycles. The van der Waals surface area contributed by atoms with E-state index in [0.29, 0.717) is 6.42 Å². The lowest BCUT2D eigenvalue weighted by atomic mass is 10.0. The van der Waals surface area contributed by atoms with E-state index < -0.39 is 0 Å². The number of pyridine rings is 1. The van der Waals surface area contributed by atoms with E-state index in [2.05, 4.69) is 26.3 Å². The van der Waals surface area contributed by atoms with Gasteiger partial charge in [-0.15, -0.1) is 0 Å². The number of aromatic nitrogens is 1. The highest BCUT2D eigenvalue weighted by Crippen LogP contribution is 2.20. The van der Waals surface area contributed by atoms with E-state index in [1.807, 2.05) is 18.3 Å². The first-order valence-electron chi connectivity index (χ1n) is 5.98. The van der Waals surface area contributed by atoms with Crippen molar-refractivity contribution in [3.05, 3.63) is 64.1 Å². The molecule has 1 aromatic heterocycles. The molecule has 0 spiro atoms. The van der Waals surface area contributed by atoms with Gasteiger partial charge >= 0.3 is 0 Å². The fraction of sp³-hybridized carbons (Fsp3) is 0.214. The van der Waals surface area contributed by atoms with E-state index in [1.54, 1.807) is 12.3 Å². The number of hydrogen-bond acceptors (Lipinski definition) is 3. The van der Waals surface area contributed by atoms with E-state index in [9.17, 15) is 4.39 Å². The maximum Gasteiger partial charge on any atom is 0.123 e. The average molecular weight is 324 g/mol. The van der Waals surface area contributed by atoms with Crippen LogP contribution in [0, 0.1) is 5.82 Å². The molecular formula is C14H15BrFN3. The molecule has 19 heavy (non-hydrogen) atoms. The van der Waals surface area contributed by atoms with Crippen molar-refractivity contribution in [1.82, 2.24) is 10.4 Å². The minimum atomic E-state index is -0.240. The lowest BCUT2D eigenvalue weighted by Gasteiger charge is -2.16. The molecule has 100 valence electrons. The van der Waals surface area contributed by atoms with Crippen molar-refractivity contribution >= 4 is 15.9 Å². The number of rotatable bonds is 5. The summed E-state index contributed by atoms with van der Waals surface area (Å²) in [5.74, 6) is 5.34. The van der Waals surface area contributed by atoms with Gasteiger partial charge in [-0.05, 0) is 48.2 Å². The summed E-state index contributed by atoms with van der Waals surface area (Å²) in [6.45, 7) is 0. The molecule has 0 aliphatic heterocycles. The maximum absolute atomic E-state index is 13.2. The van der Waals surface area contributed by atoms with Crippen molar-refractivity contribution in [3.8, 4) is 0 Å². The van der Waals surface area contributed by atoms with Crippen molar-refractivity contribution < 1.29 is 4.39 Å². The van der Waals surface area contributed by atoms with E-state index in [1.165, 1.54) is 12.1 Å². The first-order chi connectivity index (χ1) is 9.19. The minimum Gasteiger partial charge on any atom is -0.271 e. The molecule has 2 rings (SSSR count). The largest absolute Gasteiger partial charge is 0.271 e. The molecule has 0 fully saturated rings. The number of hydrazine groups is 1. The zero-order valence-electron chi connectivity index (χ0n) is 10.3. The van der Waals surface area contributed by atoms with Crippen molar-refractivity contribution in [2.75, 3.05) is 0 Å². The van der Waals surface area contributed by atoms with Gasteiger partial charge in [0.05, 0.1) is 0 Å². The van der Waals surface area contributed by atoms with Crippen LogP contribution in [0.5, 0.6) is 0 Å². The third-order valence-electron chi connectivity index (χ3n) is 2.91. The number of nitrogens with two attached hydrogens (primary N) is 1. The average Bonchev–Trinajstić information content (AvgIpc) is 2.43. The molecular weight excluding hydrogens is 309 g/mol. The Bertz CT molecular complexity index is 533. The molecule has 1 unspecified atom stereocenters. The normalized spacial score (nSPS) is 12.4. The Morgan fingerprint density at radius 1 is 1.32 bits per heavy atom. The number of hydrogen-bond donors (Lipinski definition) is 2. The van der Waals surface area contributed by atoms with Crippen LogP contribution in [-0.4, -0.2) is 11.0 Å². The Balaban J connectivity index is 2.09. The molecule has 3 N–H and O–H groups in total. The van der Waals surface area contributed by atoms with Crippen LogP contribution in [0.3, 0.4) is 0 Å². The first-order valence-corrected chi connectivity index (χ1v) is 6.77. The standard InChI is InChI=1S/C14H15BrFN3/c15-14-4-3-12(16)7-11(14)8-13(19-17)6-10-2-1-5-18-9-10/h1-5,7,9,13,19H,6,8,17H2. The minimum absolute atomic E-state index is 0.0299. The second-order valence-electron chi connectivity index (χ2n) is 4.37. The molecule has 0 bridgehead atoms. The van der Waals surface area contributed by atoms with Crippen LogP contribution in [0.25, 0.3) is 0 Å². The van der Waals surface area contributed by atoms with E-state index >= 15 is 0 Å². The zero-order valence-corrected chi connectivity index (χ0v) is 11.9. The molecule has 5 heteroatoms. The van der Waals surface area contributed by atoms with Gasteiger partial charge < -0.3 is 0 Å². The second-order valence-corrected chi connectivity index (χ2v) is 5.22. The third kappa shape index (κ3) is 4.09. The summed E-state index contributed by atoms with van der Waals surface area (Å²) in [5.41, 5.74) is 4.77. The van der Waals surface area contributed by atoms with Crippen LogP contribution in [-0.2, 0) is 12.8 Å². The highest BCUT2D eigenvalue weighted by molar-refractivity contribution is 9.10. The van der Waals surface area contributed by atoms with Gasteiger partial charge in [-0.25, -0.2) is 4.39 Å². The summed E-state index contributed by atoms with van der Waals surface area (Å²) in [4.78, 5) is 4.07. The van der Waals surface area contributed by atoms with Crippen LogP contribution in [0.2, 0.25) is 0 Å². The zero-order chi connectivity index (χ0) is 13.7.